The van der Waals surface area contributed by atoms with Crippen LogP contribution in [0.3, 0.4) is 0 Å². The number of rotatable bonds is 3. The normalized spacial score (nSPS) is 18.1. The second-order valence-corrected chi connectivity index (χ2v) is 6.60. The molecule has 0 spiro atoms. The monoisotopic (exact) mass is 339 g/mol. The van der Waals surface area contributed by atoms with Crippen LogP contribution in [0.15, 0.2) is 39.7 Å². The van der Waals surface area contributed by atoms with Crippen molar-refractivity contribution in [3.05, 3.63) is 40.9 Å². The number of piperidine rings is 1. The van der Waals surface area contributed by atoms with Crippen LogP contribution in [0.4, 0.5) is 0 Å². The fraction of sp³-hybridized carbons (Fsp3) is 0.421. The average Bonchev–Trinajstić information content (AvgIpc) is 3.06. The summed E-state index contributed by atoms with van der Waals surface area (Å²) in [6.07, 6.45) is 5.76. The highest BCUT2D eigenvalue weighted by Gasteiger charge is 2.26. The molecule has 3 heterocycles. The molecule has 4 rings (SSSR count). The highest BCUT2D eigenvalue weighted by Crippen LogP contribution is 2.24. The molecule has 1 aliphatic heterocycles. The fourth-order valence-electron chi connectivity index (χ4n) is 3.82. The largest absolute Gasteiger partial charge is 0.422 e. The molecule has 1 fully saturated rings. The van der Waals surface area contributed by atoms with Gasteiger partial charge in [0.25, 0.3) is 0 Å². The van der Waals surface area contributed by atoms with E-state index in [9.17, 15) is 9.59 Å². The molecule has 2 aromatic heterocycles. The number of hydrogen-bond donors (Lipinski definition) is 0. The van der Waals surface area contributed by atoms with Gasteiger partial charge in [0.2, 0.25) is 5.91 Å². The van der Waals surface area contributed by atoms with E-state index in [1.165, 1.54) is 12.6 Å². The maximum Gasteiger partial charge on any atom is 0.347 e. The Balaban J connectivity index is 1.75. The Morgan fingerprint density at radius 3 is 2.96 bits per heavy atom. The number of carbonyl (C=O) groups excluding carboxylic acids is 1. The van der Waals surface area contributed by atoms with Gasteiger partial charge in [0.15, 0.2) is 0 Å². The van der Waals surface area contributed by atoms with Gasteiger partial charge in [-0.3, -0.25) is 9.48 Å². The lowest BCUT2D eigenvalue weighted by atomic mass is 10.00. The summed E-state index contributed by atoms with van der Waals surface area (Å²) in [5.74, 6) is 0.0638. The summed E-state index contributed by atoms with van der Waals surface area (Å²) in [6.45, 7) is 3.07. The van der Waals surface area contributed by atoms with Crippen molar-refractivity contribution in [2.45, 2.75) is 45.2 Å². The van der Waals surface area contributed by atoms with Crippen molar-refractivity contribution < 1.29 is 9.21 Å². The number of hydrogen-bond acceptors (Lipinski definition) is 4. The molecule has 1 aliphatic rings. The van der Waals surface area contributed by atoms with Gasteiger partial charge in [-0.15, -0.1) is 0 Å². The molecule has 1 amide bonds. The van der Waals surface area contributed by atoms with Crippen LogP contribution in [0.25, 0.3) is 21.9 Å². The Kier molecular flexibility index (Phi) is 4.03. The van der Waals surface area contributed by atoms with Crippen molar-refractivity contribution in [2.24, 2.45) is 0 Å². The lowest BCUT2D eigenvalue weighted by molar-refractivity contribution is -0.135. The van der Waals surface area contributed by atoms with Gasteiger partial charge < -0.3 is 9.32 Å². The maximum atomic E-state index is 12.9. The molecule has 1 saturated heterocycles. The SMILES string of the molecule is CC[C@H]1CCCCN1C(=O)Cn1ncc2c(=O)oc3ccccc3c21. The predicted octanol–water partition coefficient (Wildman–Crippen LogP) is 2.93. The van der Waals surface area contributed by atoms with E-state index in [1.54, 1.807) is 10.7 Å². The van der Waals surface area contributed by atoms with E-state index in [4.69, 9.17) is 4.42 Å². The zero-order valence-electron chi connectivity index (χ0n) is 14.3. The molecule has 6 nitrogen and oxygen atoms in total. The zero-order chi connectivity index (χ0) is 17.4. The molecule has 0 unspecified atom stereocenters. The van der Waals surface area contributed by atoms with E-state index >= 15 is 0 Å². The number of amides is 1. The lowest BCUT2D eigenvalue weighted by Crippen LogP contribution is -2.44. The van der Waals surface area contributed by atoms with Gasteiger partial charge in [0, 0.05) is 18.0 Å². The van der Waals surface area contributed by atoms with Crippen LogP contribution in [-0.4, -0.2) is 33.2 Å². The minimum Gasteiger partial charge on any atom is -0.422 e. The quantitative estimate of drug-likeness (QED) is 0.688. The van der Waals surface area contributed by atoms with E-state index in [-0.39, 0.29) is 12.5 Å². The lowest BCUT2D eigenvalue weighted by Gasteiger charge is -2.35. The summed E-state index contributed by atoms with van der Waals surface area (Å²) < 4.78 is 6.98. The Labute approximate surface area is 145 Å². The summed E-state index contributed by atoms with van der Waals surface area (Å²) in [4.78, 5) is 27.0. The molecule has 6 heteroatoms. The van der Waals surface area contributed by atoms with Crippen molar-refractivity contribution in [3.63, 3.8) is 0 Å². The topological polar surface area (TPSA) is 68.3 Å². The predicted molar refractivity (Wildman–Crippen MR) is 95.4 cm³/mol. The van der Waals surface area contributed by atoms with Crippen LogP contribution in [-0.2, 0) is 11.3 Å². The summed E-state index contributed by atoms with van der Waals surface area (Å²) in [5, 5.41) is 5.51. The fourth-order valence-corrected chi connectivity index (χ4v) is 3.82. The second kappa shape index (κ2) is 6.35. The Morgan fingerprint density at radius 1 is 1.28 bits per heavy atom. The molecule has 0 N–H and O–H groups in total. The molecule has 0 saturated carbocycles. The number of fused-ring (bicyclic) bond motifs is 3. The summed E-state index contributed by atoms with van der Waals surface area (Å²) in [6, 6.07) is 7.66. The Morgan fingerprint density at radius 2 is 2.12 bits per heavy atom. The second-order valence-electron chi connectivity index (χ2n) is 6.60. The van der Waals surface area contributed by atoms with Crippen molar-refractivity contribution in [2.75, 3.05) is 6.54 Å². The van der Waals surface area contributed by atoms with Crippen LogP contribution in [0.5, 0.6) is 0 Å². The van der Waals surface area contributed by atoms with E-state index in [0.717, 1.165) is 31.2 Å². The van der Waals surface area contributed by atoms with E-state index < -0.39 is 5.63 Å². The molecule has 3 aromatic rings. The van der Waals surface area contributed by atoms with Crippen LogP contribution in [0, 0.1) is 0 Å². The van der Waals surface area contributed by atoms with Gasteiger partial charge in [-0.05, 0) is 37.8 Å². The van der Waals surface area contributed by atoms with Crippen LogP contribution in [0.1, 0.15) is 32.6 Å². The highest BCUT2D eigenvalue weighted by molar-refractivity contribution is 6.02. The first-order valence-corrected chi connectivity index (χ1v) is 8.86. The highest BCUT2D eigenvalue weighted by atomic mass is 16.4. The van der Waals surface area contributed by atoms with Crippen molar-refractivity contribution in [1.29, 1.82) is 0 Å². The molecule has 0 radical (unpaired) electrons. The molecule has 1 aromatic carbocycles. The minimum atomic E-state index is -0.420. The van der Waals surface area contributed by atoms with Gasteiger partial charge in [0.05, 0.1) is 11.7 Å². The molecular formula is C19H21N3O3. The summed E-state index contributed by atoms with van der Waals surface area (Å²) >= 11 is 0. The smallest absolute Gasteiger partial charge is 0.347 e. The van der Waals surface area contributed by atoms with Gasteiger partial charge in [-0.2, -0.15) is 5.10 Å². The molecule has 25 heavy (non-hydrogen) atoms. The van der Waals surface area contributed by atoms with E-state index in [2.05, 4.69) is 12.0 Å². The minimum absolute atomic E-state index is 0.0638. The number of para-hydroxylation sites is 1. The van der Waals surface area contributed by atoms with Crippen LogP contribution < -0.4 is 5.63 Å². The van der Waals surface area contributed by atoms with Crippen LogP contribution >= 0.6 is 0 Å². The van der Waals surface area contributed by atoms with Crippen LogP contribution in [0.2, 0.25) is 0 Å². The Bertz CT molecular complexity index is 988. The van der Waals surface area contributed by atoms with E-state index in [1.807, 2.05) is 23.1 Å². The summed E-state index contributed by atoms with van der Waals surface area (Å²) in [5.41, 5.74) is 0.765. The molecule has 0 bridgehead atoms. The maximum absolute atomic E-state index is 12.9. The molecule has 1 atom stereocenters. The molecule has 0 aliphatic carbocycles. The zero-order valence-corrected chi connectivity index (χ0v) is 14.3. The van der Waals surface area contributed by atoms with Gasteiger partial charge in [-0.25, -0.2) is 4.79 Å². The van der Waals surface area contributed by atoms with Gasteiger partial charge >= 0.3 is 5.63 Å². The Hall–Kier alpha value is -2.63. The third-order valence-electron chi connectivity index (χ3n) is 5.11. The molecular weight excluding hydrogens is 318 g/mol. The summed E-state index contributed by atoms with van der Waals surface area (Å²) in [7, 11) is 0. The van der Waals surface area contributed by atoms with Gasteiger partial charge in [0.1, 0.15) is 17.5 Å². The standard InChI is InChI=1S/C19H21N3O3/c1-2-13-7-5-6-10-21(13)17(23)12-22-18-14-8-3-4-9-16(14)25-19(24)15(18)11-20-22/h3-4,8-9,11,13H,2,5-7,10,12H2,1H3/t13-/m0/s1. The third-order valence-corrected chi connectivity index (χ3v) is 5.11. The number of likely N-dealkylation sites (tertiary alicyclic amines) is 1. The first-order valence-electron chi connectivity index (χ1n) is 8.86. The number of aromatic nitrogens is 2. The first-order chi connectivity index (χ1) is 12.2. The average molecular weight is 339 g/mol. The van der Waals surface area contributed by atoms with Crippen molar-refractivity contribution in [3.8, 4) is 0 Å². The van der Waals surface area contributed by atoms with Crippen molar-refractivity contribution >= 4 is 27.8 Å². The third kappa shape index (κ3) is 2.71. The number of carbonyl (C=O) groups is 1. The first kappa shape index (κ1) is 15.9. The molecule has 130 valence electrons. The van der Waals surface area contributed by atoms with E-state index in [0.29, 0.717) is 22.5 Å². The number of benzene rings is 1. The van der Waals surface area contributed by atoms with Gasteiger partial charge in [-0.1, -0.05) is 19.1 Å². The van der Waals surface area contributed by atoms with Crippen molar-refractivity contribution in [1.82, 2.24) is 14.7 Å². The number of nitrogens with zero attached hydrogens (tertiary/aromatic N) is 3.